The molecule has 21 heavy (non-hydrogen) atoms. The monoisotopic (exact) mass is 323 g/mol. The lowest BCUT2D eigenvalue weighted by atomic mass is 10.0. The van der Waals surface area contributed by atoms with Gasteiger partial charge in [-0.3, -0.25) is 17.9 Å². The van der Waals surface area contributed by atoms with E-state index in [9.17, 15) is 9.59 Å². The molecule has 112 valence electrons. The van der Waals surface area contributed by atoms with Crippen molar-refractivity contribution in [2.24, 2.45) is 0 Å². The Hall–Kier alpha value is -1.31. The third kappa shape index (κ3) is 2.73. The number of carbonyl (C=O) groups is 1. The molecule has 1 aromatic heterocycles. The number of aromatic nitrogens is 1. The van der Waals surface area contributed by atoms with Crippen LogP contribution in [0.5, 0.6) is 0 Å². The average Bonchev–Trinajstić information content (AvgIpc) is 3.00. The molecule has 1 saturated heterocycles. The van der Waals surface area contributed by atoms with Gasteiger partial charge in [-0.1, -0.05) is 37.5 Å². The normalized spacial score (nSPS) is 15.6. The van der Waals surface area contributed by atoms with E-state index in [0.29, 0.717) is 25.6 Å². The molecule has 1 aromatic carbocycles. The second-order valence-electron chi connectivity index (χ2n) is 5.28. The fourth-order valence-electron chi connectivity index (χ4n) is 2.43. The van der Waals surface area contributed by atoms with E-state index < -0.39 is 0 Å². The summed E-state index contributed by atoms with van der Waals surface area (Å²) in [6.07, 6.45) is 0. The topological polar surface area (TPSA) is 54.3 Å². The summed E-state index contributed by atoms with van der Waals surface area (Å²) >= 11 is 2.79. The lowest BCUT2D eigenvalue weighted by molar-refractivity contribution is -0.123. The van der Waals surface area contributed by atoms with Crippen LogP contribution in [0.4, 0.5) is 0 Å². The smallest absolute Gasteiger partial charge is 0.268 e. The zero-order valence-corrected chi connectivity index (χ0v) is 13.6. The first-order valence-corrected chi connectivity index (χ1v) is 8.45. The number of hydrogen-bond acceptors (Lipinski definition) is 5. The van der Waals surface area contributed by atoms with Crippen LogP contribution in [0.15, 0.2) is 23.0 Å². The predicted octanol–water partition coefficient (Wildman–Crippen LogP) is 2.18. The van der Waals surface area contributed by atoms with Crippen molar-refractivity contribution < 1.29 is 4.79 Å². The van der Waals surface area contributed by atoms with E-state index in [0.717, 1.165) is 15.6 Å². The number of benzene rings is 1. The fourth-order valence-corrected chi connectivity index (χ4v) is 4.13. The number of carbonyl (C=O) groups excluding carboxylic acids is 1. The minimum atomic E-state index is 0.0592. The Balaban J connectivity index is 1.90. The van der Waals surface area contributed by atoms with Crippen LogP contribution in [0.3, 0.4) is 0 Å². The molecule has 1 aliphatic heterocycles. The molecule has 0 atom stereocenters. The molecule has 7 heteroatoms. The van der Waals surface area contributed by atoms with Crippen molar-refractivity contribution in [2.75, 3.05) is 13.1 Å². The van der Waals surface area contributed by atoms with Crippen LogP contribution < -0.4 is 10.3 Å². The van der Waals surface area contributed by atoms with Crippen molar-refractivity contribution in [1.82, 2.24) is 13.0 Å². The van der Waals surface area contributed by atoms with Gasteiger partial charge in [-0.15, -0.1) is 0 Å². The molecular weight excluding hydrogens is 306 g/mol. The van der Waals surface area contributed by atoms with E-state index in [1.54, 1.807) is 8.26 Å². The lowest BCUT2D eigenvalue weighted by Crippen LogP contribution is -2.27. The average molecular weight is 323 g/mol. The van der Waals surface area contributed by atoms with Crippen LogP contribution in [0.1, 0.15) is 25.3 Å². The molecule has 1 aliphatic rings. The SMILES string of the molecule is CC(C)c1cccc2sn(CCN3SNCC3=O)c(=O)c12. The summed E-state index contributed by atoms with van der Waals surface area (Å²) in [5, 5.41) is 0.830. The fraction of sp³-hybridized carbons (Fsp3) is 0.429. The summed E-state index contributed by atoms with van der Waals surface area (Å²) in [7, 11) is 0. The molecule has 1 fully saturated rings. The number of amides is 1. The summed E-state index contributed by atoms with van der Waals surface area (Å²) in [4.78, 5) is 24.1. The van der Waals surface area contributed by atoms with Gasteiger partial charge in [0, 0.05) is 12.1 Å². The van der Waals surface area contributed by atoms with Crippen molar-refractivity contribution in [2.45, 2.75) is 26.3 Å². The van der Waals surface area contributed by atoms with Crippen molar-refractivity contribution in [3.63, 3.8) is 0 Å². The van der Waals surface area contributed by atoms with Gasteiger partial charge in [0.1, 0.15) is 0 Å². The van der Waals surface area contributed by atoms with E-state index in [1.165, 1.54) is 23.7 Å². The molecular formula is C14H17N3O2S2. The van der Waals surface area contributed by atoms with Crippen LogP contribution in [0.25, 0.3) is 10.1 Å². The van der Waals surface area contributed by atoms with Gasteiger partial charge in [-0.25, -0.2) is 4.72 Å². The molecule has 0 unspecified atom stereocenters. The molecule has 1 amide bonds. The maximum absolute atomic E-state index is 12.6. The van der Waals surface area contributed by atoms with Gasteiger partial charge in [-0.2, -0.15) is 0 Å². The zero-order valence-electron chi connectivity index (χ0n) is 12.0. The molecule has 1 N–H and O–H groups in total. The molecule has 0 bridgehead atoms. The summed E-state index contributed by atoms with van der Waals surface area (Å²) in [6, 6.07) is 6.01. The summed E-state index contributed by atoms with van der Waals surface area (Å²) in [5.74, 6) is 0.390. The highest BCUT2D eigenvalue weighted by Gasteiger charge is 2.21. The van der Waals surface area contributed by atoms with Crippen LogP contribution >= 0.6 is 23.7 Å². The van der Waals surface area contributed by atoms with Crippen LogP contribution in [0, 0.1) is 0 Å². The van der Waals surface area contributed by atoms with E-state index in [2.05, 4.69) is 18.6 Å². The summed E-state index contributed by atoms with van der Waals surface area (Å²) < 4.78 is 7.37. The number of hydrogen-bond donors (Lipinski definition) is 1. The highest BCUT2D eigenvalue weighted by molar-refractivity contribution is 7.96. The first kappa shape index (κ1) is 14.6. The Kier molecular flexibility index (Phi) is 4.05. The van der Waals surface area contributed by atoms with Crippen molar-refractivity contribution in [1.29, 1.82) is 0 Å². The lowest BCUT2D eigenvalue weighted by Gasteiger charge is -2.11. The number of fused-ring (bicyclic) bond motifs is 1. The standard InChI is InChI=1S/C14H17N3O2S2/c1-9(2)10-4-3-5-11-13(10)14(19)17(20-11)7-6-16-12(18)8-15-21-16/h3-5,9,15H,6-8H2,1-2H3. The molecule has 0 saturated carbocycles. The molecule has 0 spiro atoms. The molecule has 2 aromatic rings. The maximum atomic E-state index is 12.6. The van der Waals surface area contributed by atoms with E-state index in [4.69, 9.17) is 0 Å². The van der Waals surface area contributed by atoms with Gasteiger partial charge >= 0.3 is 0 Å². The van der Waals surface area contributed by atoms with Gasteiger partial charge in [0.2, 0.25) is 5.91 Å². The largest absolute Gasteiger partial charge is 0.272 e. The quantitative estimate of drug-likeness (QED) is 0.876. The van der Waals surface area contributed by atoms with Gasteiger partial charge in [0.25, 0.3) is 5.56 Å². The van der Waals surface area contributed by atoms with Crippen LogP contribution in [0.2, 0.25) is 0 Å². The zero-order chi connectivity index (χ0) is 15.0. The highest BCUT2D eigenvalue weighted by atomic mass is 32.2. The third-order valence-electron chi connectivity index (χ3n) is 3.51. The number of rotatable bonds is 4. The second kappa shape index (κ2) is 5.82. The Labute approximate surface area is 131 Å². The van der Waals surface area contributed by atoms with Gasteiger partial charge in [0.15, 0.2) is 0 Å². The predicted molar refractivity (Wildman–Crippen MR) is 87.5 cm³/mol. The second-order valence-corrected chi connectivity index (χ2v) is 7.26. The maximum Gasteiger partial charge on any atom is 0.268 e. The molecule has 2 heterocycles. The minimum Gasteiger partial charge on any atom is -0.272 e. The van der Waals surface area contributed by atoms with E-state index in [1.807, 2.05) is 18.2 Å². The molecule has 5 nitrogen and oxygen atoms in total. The Morgan fingerprint density at radius 2 is 2.10 bits per heavy atom. The summed E-state index contributed by atoms with van der Waals surface area (Å²) in [6.45, 7) is 5.64. The van der Waals surface area contributed by atoms with Gasteiger partial charge in [0.05, 0.1) is 29.7 Å². The minimum absolute atomic E-state index is 0.0592. The van der Waals surface area contributed by atoms with E-state index in [-0.39, 0.29) is 11.5 Å². The molecule has 3 rings (SSSR count). The van der Waals surface area contributed by atoms with E-state index >= 15 is 0 Å². The number of nitrogens with zero attached hydrogens (tertiary/aromatic N) is 2. The Bertz CT molecular complexity index is 735. The Morgan fingerprint density at radius 1 is 1.29 bits per heavy atom. The van der Waals surface area contributed by atoms with Crippen molar-refractivity contribution in [3.8, 4) is 0 Å². The van der Waals surface area contributed by atoms with Gasteiger partial charge in [-0.05, 0) is 17.5 Å². The van der Waals surface area contributed by atoms with Crippen LogP contribution in [-0.4, -0.2) is 27.3 Å². The van der Waals surface area contributed by atoms with Crippen molar-refractivity contribution in [3.05, 3.63) is 34.1 Å². The number of nitrogens with one attached hydrogen (secondary N) is 1. The van der Waals surface area contributed by atoms with Crippen LogP contribution in [-0.2, 0) is 11.3 Å². The summed E-state index contributed by atoms with van der Waals surface area (Å²) in [5.41, 5.74) is 1.16. The molecule has 0 radical (unpaired) electrons. The molecule has 0 aliphatic carbocycles. The third-order valence-corrected chi connectivity index (χ3v) is 5.50. The first-order valence-electron chi connectivity index (χ1n) is 6.91. The highest BCUT2D eigenvalue weighted by Crippen LogP contribution is 2.26. The van der Waals surface area contributed by atoms with Gasteiger partial charge < -0.3 is 0 Å². The first-order chi connectivity index (χ1) is 10.1. The van der Waals surface area contributed by atoms with Crippen molar-refractivity contribution >= 4 is 39.7 Å². The Morgan fingerprint density at radius 3 is 2.76 bits per heavy atom.